The third kappa shape index (κ3) is 5.10. The number of fused-ring (bicyclic) bond motifs is 8. The molecule has 294 valence electrons. The molecule has 1 heterocycles. The molecule has 62 heavy (non-hydrogen) atoms. The van der Waals surface area contributed by atoms with Gasteiger partial charge in [-0.05, 0) is 67.9 Å². The Balaban J connectivity index is 1.15. The second-order valence-corrected chi connectivity index (χ2v) is 17.1. The summed E-state index contributed by atoms with van der Waals surface area (Å²) >= 11 is 0. The largest absolute Gasteiger partial charge is 0.454 e. The van der Waals surface area contributed by atoms with Crippen LogP contribution in [0.4, 0.5) is 17.1 Å². The summed E-state index contributed by atoms with van der Waals surface area (Å²) < 4.78 is 7.71. The standard InChI is InChI=1S/C60H43NO/c1-59(2)51-36-21-37-53(61(43-28-13-6-14-29-43)56-46-32-17-15-30-44(46)54(40-22-7-3-8-23-40)45-31-16-18-33-47(45)56)57(51)62-58-52(59)39-38-50-55(58)48-34-19-20-35-49(48)60(50,41-24-9-4-10-25-41)42-26-11-5-12-27-42/h3-39H,1-2H3. The van der Waals surface area contributed by atoms with E-state index in [2.05, 4.69) is 243 Å². The topological polar surface area (TPSA) is 12.5 Å². The Bertz CT molecular complexity index is 3240. The van der Waals surface area contributed by atoms with Gasteiger partial charge < -0.3 is 9.64 Å². The first-order valence-corrected chi connectivity index (χ1v) is 21.6. The van der Waals surface area contributed by atoms with Crippen molar-refractivity contribution in [2.45, 2.75) is 24.7 Å². The molecule has 10 aromatic carbocycles. The van der Waals surface area contributed by atoms with Crippen LogP contribution >= 0.6 is 0 Å². The normalized spacial score (nSPS) is 14.0. The highest BCUT2D eigenvalue weighted by molar-refractivity contribution is 6.22. The van der Waals surface area contributed by atoms with Gasteiger partial charge in [-0.15, -0.1) is 0 Å². The Kier molecular flexibility index (Phi) is 8.14. The van der Waals surface area contributed by atoms with Crippen molar-refractivity contribution in [2.24, 2.45) is 0 Å². The summed E-state index contributed by atoms with van der Waals surface area (Å²) in [4.78, 5) is 2.45. The first-order valence-electron chi connectivity index (χ1n) is 21.6. The number of benzene rings is 10. The molecular weight excluding hydrogens is 751 g/mol. The van der Waals surface area contributed by atoms with Crippen LogP contribution in [0.1, 0.15) is 47.2 Å². The van der Waals surface area contributed by atoms with E-state index in [4.69, 9.17) is 4.74 Å². The van der Waals surface area contributed by atoms with E-state index in [0.717, 1.165) is 39.7 Å². The van der Waals surface area contributed by atoms with Gasteiger partial charge in [-0.25, -0.2) is 0 Å². The van der Waals surface area contributed by atoms with Crippen LogP contribution in [0.2, 0.25) is 0 Å². The molecule has 0 fully saturated rings. The molecule has 0 unspecified atom stereocenters. The lowest BCUT2D eigenvalue weighted by Crippen LogP contribution is -2.29. The van der Waals surface area contributed by atoms with Crippen molar-refractivity contribution in [1.29, 1.82) is 0 Å². The van der Waals surface area contributed by atoms with Crippen LogP contribution in [-0.4, -0.2) is 0 Å². The molecule has 1 aliphatic carbocycles. The van der Waals surface area contributed by atoms with Crippen molar-refractivity contribution in [3.05, 3.63) is 258 Å². The van der Waals surface area contributed by atoms with Crippen LogP contribution in [0.3, 0.4) is 0 Å². The fraction of sp³-hybridized carbons (Fsp3) is 0.0667. The molecule has 0 radical (unpaired) electrons. The molecule has 12 rings (SSSR count). The van der Waals surface area contributed by atoms with E-state index in [0.29, 0.717) is 0 Å². The zero-order valence-corrected chi connectivity index (χ0v) is 34.7. The minimum Gasteiger partial charge on any atom is -0.454 e. The number of anilines is 3. The number of nitrogens with zero attached hydrogens (tertiary/aromatic N) is 1. The number of para-hydroxylation sites is 2. The quantitative estimate of drug-likeness (QED) is 0.156. The van der Waals surface area contributed by atoms with Gasteiger partial charge in [0.1, 0.15) is 5.75 Å². The molecule has 1 aliphatic heterocycles. The predicted octanol–water partition coefficient (Wildman–Crippen LogP) is 15.9. The Labute approximate surface area is 363 Å². The Morgan fingerprint density at radius 2 is 0.855 bits per heavy atom. The molecule has 0 aromatic heterocycles. The fourth-order valence-corrected chi connectivity index (χ4v) is 10.9. The van der Waals surface area contributed by atoms with Crippen molar-refractivity contribution in [2.75, 3.05) is 4.90 Å². The van der Waals surface area contributed by atoms with Crippen LogP contribution < -0.4 is 9.64 Å². The molecule has 0 saturated carbocycles. The first kappa shape index (κ1) is 36.2. The lowest BCUT2D eigenvalue weighted by Gasteiger charge is -2.39. The average Bonchev–Trinajstić information content (AvgIpc) is 3.64. The molecule has 0 spiro atoms. The summed E-state index contributed by atoms with van der Waals surface area (Å²) in [5.74, 6) is 1.80. The monoisotopic (exact) mass is 793 g/mol. The van der Waals surface area contributed by atoms with Gasteiger partial charge in [0, 0.05) is 38.6 Å². The minimum atomic E-state index is -0.537. The number of hydrogen-bond acceptors (Lipinski definition) is 2. The van der Waals surface area contributed by atoms with Crippen LogP contribution in [0.25, 0.3) is 43.8 Å². The second kappa shape index (κ2) is 13.9. The highest BCUT2D eigenvalue weighted by Gasteiger charge is 2.49. The van der Waals surface area contributed by atoms with E-state index in [1.807, 2.05) is 0 Å². The van der Waals surface area contributed by atoms with E-state index < -0.39 is 10.8 Å². The van der Waals surface area contributed by atoms with Crippen LogP contribution in [0.15, 0.2) is 224 Å². The van der Waals surface area contributed by atoms with E-state index >= 15 is 0 Å². The maximum absolute atomic E-state index is 7.71. The van der Waals surface area contributed by atoms with Gasteiger partial charge in [0.05, 0.1) is 16.8 Å². The average molecular weight is 794 g/mol. The SMILES string of the molecule is CC1(C)c2cccc(N(c3ccccc3)c3c4ccccc4c(-c4ccccc4)c4ccccc34)c2Oc2c1ccc1c2-c2ccccc2C1(c1ccccc1)c1ccccc1. The zero-order chi connectivity index (χ0) is 41.4. The molecule has 2 aliphatic rings. The van der Waals surface area contributed by atoms with Crippen molar-refractivity contribution in [3.63, 3.8) is 0 Å². The second-order valence-electron chi connectivity index (χ2n) is 17.1. The molecule has 0 atom stereocenters. The third-order valence-electron chi connectivity index (χ3n) is 13.6. The highest BCUT2D eigenvalue weighted by Crippen LogP contribution is 2.63. The van der Waals surface area contributed by atoms with E-state index in [-0.39, 0.29) is 0 Å². The minimum absolute atomic E-state index is 0.392. The van der Waals surface area contributed by atoms with Crippen molar-refractivity contribution < 1.29 is 4.74 Å². The van der Waals surface area contributed by atoms with Crippen LogP contribution in [0.5, 0.6) is 11.5 Å². The Hall–Kier alpha value is -7.68. The molecule has 0 amide bonds. The molecule has 2 heteroatoms. The van der Waals surface area contributed by atoms with Crippen molar-refractivity contribution >= 4 is 38.6 Å². The molecular formula is C60H43NO. The summed E-state index contributed by atoms with van der Waals surface area (Å²) in [7, 11) is 0. The lowest BCUT2D eigenvalue weighted by atomic mass is 9.67. The summed E-state index contributed by atoms with van der Waals surface area (Å²) in [6.45, 7) is 4.72. The van der Waals surface area contributed by atoms with Gasteiger partial charge in [-0.2, -0.15) is 0 Å². The maximum atomic E-state index is 7.71. The van der Waals surface area contributed by atoms with E-state index in [1.54, 1.807) is 0 Å². The third-order valence-corrected chi connectivity index (χ3v) is 13.6. The lowest BCUT2D eigenvalue weighted by molar-refractivity contribution is 0.420. The Morgan fingerprint density at radius 1 is 0.371 bits per heavy atom. The summed E-state index contributed by atoms with van der Waals surface area (Å²) in [5, 5.41) is 4.76. The van der Waals surface area contributed by atoms with Gasteiger partial charge in [0.2, 0.25) is 0 Å². The summed E-state index contributed by atoms with van der Waals surface area (Å²) in [6, 6.07) is 81.9. The van der Waals surface area contributed by atoms with Gasteiger partial charge >= 0.3 is 0 Å². The highest BCUT2D eigenvalue weighted by atomic mass is 16.5. The van der Waals surface area contributed by atoms with Crippen molar-refractivity contribution in [3.8, 4) is 33.8 Å². The molecule has 10 aromatic rings. The first-order chi connectivity index (χ1) is 30.6. The smallest absolute Gasteiger partial charge is 0.155 e. The van der Waals surface area contributed by atoms with Crippen molar-refractivity contribution in [1.82, 2.24) is 0 Å². The summed E-state index contributed by atoms with van der Waals surface area (Å²) in [6.07, 6.45) is 0. The molecule has 0 saturated heterocycles. The van der Waals surface area contributed by atoms with E-state index in [9.17, 15) is 0 Å². The van der Waals surface area contributed by atoms with E-state index in [1.165, 1.54) is 66.1 Å². The molecule has 0 N–H and O–H groups in total. The van der Waals surface area contributed by atoms with Gasteiger partial charge in [-0.3, -0.25) is 0 Å². The van der Waals surface area contributed by atoms with Gasteiger partial charge in [-0.1, -0.05) is 220 Å². The van der Waals surface area contributed by atoms with Crippen LogP contribution in [-0.2, 0) is 10.8 Å². The molecule has 0 bridgehead atoms. The van der Waals surface area contributed by atoms with Gasteiger partial charge in [0.15, 0.2) is 5.75 Å². The van der Waals surface area contributed by atoms with Crippen LogP contribution in [0, 0.1) is 0 Å². The number of ether oxygens (including phenoxy) is 1. The summed E-state index contributed by atoms with van der Waals surface area (Å²) in [5.41, 5.74) is 14.4. The fourth-order valence-electron chi connectivity index (χ4n) is 10.9. The zero-order valence-electron chi connectivity index (χ0n) is 34.7. The molecule has 2 nitrogen and oxygen atoms in total. The number of rotatable bonds is 6. The Morgan fingerprint density at radius 3 is 1.48 bits per heavy atom. The number of hydrogen-bond donors (Lipinski definition) is 0. The maximum Gasteiger partial charge on any atom is 0.155 e. The predicted molar refractivity (Wildman–Crippen MR) is 258 cm³/mol. The van der Waals surface area contributed by atoms with Gasteiger partial charge in [0.25, 0.3) is 0 Å².